The lowest BCUT2D eigenvalue weighted by atomic mass is 9.91. The van der Waals surface area contributed by atoms with Crippen molar-refractivity contribution in [3.63, 3.8) is 0 Å². The number of halogens is 2. The number of ether oxygens (including phenoxy) is 2. The number of hydrogen-bond donors (Lipinski definition) is 3. The van der Waals surface area contributed by atoms with Crippen LogP contribution in [0.5, 0.6) is 0 Å². The number of aliphatic hydroxyl groups is 2. The van der Waals surface area contributed by atoms with Gasteiger partial charge in [-0.05, 0) is 74.5 Å². The number of aliphatic hydroxyl groups excluding tert-OH is 2. The zero-order chi connectivity index (χ0) is 25.4. The Morgan fingerprint density at radius 2 is 1.97 bits per heavy atom. The third-order valence-electron chi connectivity index (χ3n) is 6.62. The second kappa shape index (κ2) is 13.5. The maximum absolute atomic E-state index is 13.3. The number of amides is 1. The summed E-state index contributed by atoms with van der Waals surface area (Å²) in [6.45, 7) is 5.41. The molecule has 3 N–H and O–H groups in total. The number of likely N-dealkylation sites (tertiary alicyclic amines) is 1. The summed E-state index contributed by atoms with van der Waals surface area (Å²) >= 11 is 12.2. The fraction of sp³-hybridized carbons (Fsp3) is 0.577. The van der Waals surface area contributed by atoms with Gasteiger partial charge in [0.15, 0.2) is 11.5 Å². The molecule has 3 atom stereocenters. The van der Waals surface area contributed by atoms with Gasteiger partial charge in [0.1, 0.15) is 6.61 Å². The Morgan fingerprint density at radius 3 is 2.63 bits per heavy atom. The minimum Gasteiger partial charge on any atom is -0.493 e. The zero-order valence-corrected chi connectivity index (χ0v) is 21.9. The van der Waals surface area contributed by atoms with Crippen LogP contribution in [-0.2, 0) is 14.3 Å². The predicted octanol–water partition coefficient (Wildman–Crippen LogP) is 3.87. The molecule has 2 aliphatic rings. The number of piperidine rings is 1. The van der Waals surface area contributed by atoms with Gasteiger partial charge < -0.3 is 25.0 Å². The summed E-state index contributed by atoms with van der Waals surface area (Å²) in [4.78, 5) is 15.7. The van der Waals surface area contributed by atoms with Gasteiger partial charge in [0, 0.05) is 6.54 Å². The van der Waals surface area contributed by atoms with Gasteiger partial charge in [0.2, 0.25) is 5.91 Å². The number of carbonyl (C=O) groups is 1. The summed E-state index contributed by atoms with van der Waals surface area (Å²) in [7, 11) is 1.60. The van der Waals surface area contributed by atoms with E-state index in [2.05, 4.69) is 17.1 Å². The van der Waals surface area contributed by atoms with Gasteiger partial charge in [0.25, 0.3) is 0 Å². The summed E-state index contributed by atoms with van der Waals surface area (Å²) in [5, 5.41) is 23.1. The highest BCUT2D eigenvalue weighted by Gasteiger charge is 2.27. The van der Waals surface area contributed by atoms with Crippen LogP contribution >= 0.6 is 23.2 Å². The average molecular weight is 527 g/mol. The molecule has 1 aliphatic heterocycles. The van der Waals surface area contributed by atoms with Crippen molar-refractivity contribution < 1.29 is 24.5 Å². The number of benzene rings is 1. The van der Waals surface area contributed by atoms with Gasteiger partial charge in [-0.15, -0.1) is 0 Å². The Kier molecular flexibility index (Phi) is 10.7. The van der Waals surface area contributed by atoms with Gasteiger partial charge in [-0.25, -0.2) is 0 Å². The van der Waals surface area contributed by atoms with E-state index in [0.29, 0.717) is 40.2 Å². The van der Waals surface area contributed by atoms with E-state index in [1.54, 1.807) is 25.3 Å². The minimum absolute atomic E-state index is 0.0493. The summed E-state index contributed by atoms with van der Waals surface area (Å²) in [6.07, 6.45) is 5.74. The first-order valence-electron chi connectivity index (χ1n) is 12.2. The van der Waals surface area contributed by atoms with Crippen LogP contribution in [0.25, 0.3) is 0 Å². The van der Waals surface area contributed by atoms with Crippen LogP contribution in [0, 0.1) is 5.92 Å². The molecule has 0 bridgehead atoms. The second-order valence-electron chi connectivity index (χ2n) is 9.33. The molecule has 3 rings (SSSR count). The highest BCUT2D eigenvalue weighted by Crippen LogP contribution is 2.30. The molecule has 1 aliphatic carbocycles. The smallest absolute Gasteiger partial charge is 0.228 e. The third kappa shape index (κ3) is 8.12. The molecule has 1 fully saturated rings. The predicted molar refractivity (Wildman–Crippen MR) is 137 cm³/mol. The topological polar surface area (TPSA) is 91.3 Å². The molecule has 0 aromatic heterocycles. The van der Waals surface area contributed by atoms with Crippen LogP contribution in [0.15, 0.2) is 41.9 Å². The molecule has 7 nitrogen and oxygen atoms in total. The molecule has 35 heavy (non-hydrogen) atoms. The lowest BCUT2D eigenvalue weighted by Crippen LogP contribution is -2.39. The summed E-state index contributed by atoms with van der Waals surface area (Å²) in [5.41, 5.74) is 0.615. The van der Waals surface area contributed by atoms with E-state index in [4.69, 9.17) is 32.7 Å². The Morgan fingerprint density at radius 1 is 1.23 bits per heavy atom. The highest BCUT2D eigenvalue weighted by molar-refractivity contribution is 6.42. The van der Waals surface area contributed by atoms with E-state index in [-0.39, 0.29) is 18.4 Å². The minimum atomic E-state index is -1.04. The van der Waals surface area contributed by atoms with Crippen molar-refractivity contribution in [2.24, 2.45) is 5.92 Å². The maximum Gasteiger partial charge on any atom is 0.228 e. The zero-order valence-electron chi connectivity index (χ0n) is 20.4. The van der Waals surface area contributed by atoms with Crippen LogP contribution in [0.1, 0.15) is 44.1 Å². The second-order valence-corrected chi connectivity index (χ2v) is 10.1. The molecule has 9 heteroatoms. The molecule has 0 radical (unpaired) electrons. The summed E-state index contributed by atoms with van der Waals surface area (Å²) in [5.74, 6) is 1.05. The van der Waals surface area contributed by atoms with E-state index >= 15 is 0 Å². The van der Waals surface area contributed by atoms with Crippen molar-refractivity contribution in [1.82, 2.24) is 10.2 Å². The molecule has 1 amide bonds. The summed E-state index contributed by atoms with van der Waals surface area (Å²) in [6, 6.07) is 4.64. The largest absolute Gasteiger partial charge is 0.493 e. The fourth-order valence-electron chi connectivity index (χ4n) is 4.40. The van der Waals surface area contributed by atoms with Crippen LogP contribution in [0.4, 0.5) is 0 Å². The van der Waals surface area contributed by atoms with Crippen LogP contribution < -0.4 is 5.32 Å². The Balaban J connectivity index is 1.65. The Hall–Kier alpha value is -1.77. The molecule has 1 aromatic carbocycles. The number of hydrogen-bond acceptors (Lipinski definition) is 6. The highest BCUT2D eigenvalue weighted by atomic mass is 35.5. The lowest BCUT2D eigenvalue weighted by molar-refractivity contribution is -0.123. The van der Waals surface area contributed by atoms with Gasteiger partial charge in [-0.3, -0.25) is 9.69 Å². The van der Waals surface area contributed by atoms with Gasteiger partial charge in [-0.2, -0.15) is 0 Å². The Labute approximate surface area is 217 Å². The number of nitrogens with one attached hydrogen (secondary N) is 1. The number of methoxy groups -OCH3 is 1. The SMILES string of the molecule is COC1=CCC(NC(=O)C(CC(O)CO)c2ccc(Cl)c(Cl)c2)C=C1OCCN1CCC(C)CC1. The molecule has 1 aromatic rings. The number of rotatable bonds is 11. The molecular formula is C26H36Cl2N2O5. The maximum atomic E-state index is 13.3. The molecular weight excluding hydrogens is 491 g/mol. The van der Waals surface area contributed by atoms with E-state index in [1.807, 2.05) is 12.2 Å². The Bertz CT molecular complexity index is 915. The molecule has 0 spiro atoms. The number of nitrogens with zero attached hydrogens (tertiary/aromatic N) is 1. The first-order valence-corrected chi connectivity index (χ1v) is 12.9. The quantitative estimate of drug-likeness (QED) is 0.405. The fourth-order valence-corrected chi connectivity index (χ4v) is 4.70. The average Bonchev–Trinajstić information content (AvgIpc) is 2.85. The van der Waals surface area contributed by atoms with Crippen molar-refractivity contribution in [2.45, 2.75) is 50.7 Å². The van der Waals surface area contributed by atoms with Gasteiger partial charge in [-0.1, -0.05) is 36.2 Å². The van der Waals surface area contributed by atoms with Crippen LogP contribution in [0.3, 0.4) is 0 Å². The molecule has 3 unspecified atom stereocenters. The van der Waals surface area contributed by atoms with Crippen molar-refractivity contribution in [3.05, 3.63) is 57.5 Å². The van der Waals surface area contributed by atoms with Crippen molar-refractivity contribution >= 4 is 29.1 Å². The molecule has 1 heterocycles. The number of carbonyl (C=O) groups excluding carboxylic acids is 1. The molecule has 0 saturated carbocycles. The molecule has 1 saturated heterocycles. The van der Waals surface area contributed by atoms with Gasteiger partial charge >= 0.3 is 0 Å². The van der Waals surface area contributed by atoms with E-state index in [9.17, 15) is 15.0 Å². The normalized spacial score (nSPS) is 21.0. The van der Waals surface area contributed by atoms with Crippen molar-refractivity contribution in [2.75, 3.05) is 40.0 Å². The van der Waals surface area contributed by atoms with Crippen LogP contribution in [-0.4, -0.2) is 73.1 Å². The van der Waals surface area contributed by atoms with Gasteiger partial charge in [0.05, 0.1) is 41.8 Å². The van der Waals surface area contributed by atoms with E-state index in [1.165, 1.54) is 12.8 Å². The lowest BCUT2D eigenvalue weighted by Gasteiger charge is -2.30. The van der Waals surface area contributed by atoms with E-state index < -0.39 is 18.6 Å². The van der Waals surface area contributed by atoms with E-state index in [0.717, 1.165) is 25.6 Å². The third-order valence-corrected chi connectivity index (χ3v) is 7.36. The first kappa shape index (κ1) is 27.8. The van der Waals surface area contributed by atoms with Crippen LogP contribution in [0.2, 0.25) is 10.0 Å². The monoisotopic (exact) mass is 526 g/mol. The molecule has 194 valence electrons. The standard InChI is InChI=1S/C26H36Cl2N2O5/c1-17-7-9-30(10-8-17)11-12-35-25-14-19(4-6-24(25)34-2)29-26(33)21(15-20(32)16-31)18-3-5-22(27)23(28)13-18/h3,5-6,13-14,17,19-21,31-32H,4,7-12,15-16H2,1-2H3,(H,29,33). The summed E-state index contributed by atoms with van der Waals surface area (Å²) < 4.78 is 11.5. The van der Waals surface area contributed by atoms with Crippen molar-refractivity contribution in [3.8, 4) is 0 Å². The first-order chi connectivity index (χ1) is 16.8. The van der Waals surface area contributed by atoms with Crippen molar-refractivity contribution in [1.29, 1.82) is 0 Å².